The maximum atomic E-state index is 12.7. The molecule has 0 spiro atoms. The number of ether oxygens (including phenoxy) is 2. The third-order valence-corrected chi connectivity index (χ3v) is 28.3. The van der Waals surface area contributed by atoms with Gasteiger partial charge >= 0.3 is 64.5 Å². The average Bonchev–Trinajstić information content (AvgIpc) is 1.72. The minimum Gasteiger partial charge on any atom is -1.00 e. The Labute approximate surface area is 753 Å². The Morgan fingerprint density at radius 1 is 0.487 bits per heavy atom. The minimum absolute atomic E-state index is 0. The van der Waals surface area contributed by atoms with Crippen LogP contribution in [0.1, 0.15) is 371 Å². The zero-order valence-corrected chi connectivity index (χ0v) is 83.5. The molecule has 6 heterocycles. The van der Waals surface area contributed by atoms with Crippen LogP contribution in [-0.4, -0.2) is 124 Å². The fraction of sp³-hybridized carbons (Fsp3) is 0.847. The van der Waals surface area contributed by atoms with Gasteiger partial charge in [0.25, 0.3) is 0 Å². The molecule has 2 amide bonds. The molecule has 4 fully saturated rings. The van der Waals surface area contributed by atoms with Gasteiger partial charge in [-0.15, -0.1) is 0 Å². The normalized spacial score (nSPS) is 29.1. The van der Waals surface area contributed by atoms with Crippen LogP contribution < -0.4 is 40.2 Å². The van der Waals surface area contributed by atoms with E-state index in [1.165, 1.54) is 145 Å². The van der Waals surface area contributed by atoms with Crippen molar-refractivity contribution < 1.29 is 85.1 Å². The van der Waals surface area contributed by atoms with Crippen molar-refractivity contribution in [1.82, 2.24) is 20.4 Å². The number of piperidine rings is 2. The molecule has 0 aromatic rings. The number of aliphatic imine (C=N–C) groups is 1. The second-order valence-electron chi connectivity index (χ2n) is 45.7. The molecule has 0 aromatic carbocycles. The van der Waals surface area contributed by atoms with Gasteiger partial charge in [-0.3, -0.25) is 9.89 Å². The Kier molecular flexibility index (Phi) is 42.4. The summed E-state index contributed by atoms with van der Waals surface area (Å²) in [6.45, 7) is 69.7. The van der Waals surface area contributed by atoms with E-state index in [1.807, 2.05) is 25.7 Å². The van der Waals surface area contributed by atoms with Crippen molar-refractivity contribution in [2.45, 2.75) is 409 Å². The molecule has 1 saturated carbocycles. The molecule has 2 N–H and O–H groups in total. The van der Waals surface area contributed by atoms with Gasteiger partial charge in [0.1, 0.15) is 11.2 Å². The average molecular weight is 1700 g/mol. The summed E-state index contributed by atoms with van der Waals surface area (Å²) in [7, 11) is -5.98. The summed E-state index contributed by atoms with van der Waals surface area (Å²) in [4.78, 5) is 32.1. The SMILES string of the molecule is C.CC(C)(C)C1CC=C(B2OC(C)(C)C(C)(C)O2)CC1.CC1CC=C(C2=CCC(C(C)(C)C)CC2)N(C(=O)OC(C)(C)C)C1.CC1CC=C(OS(=O)(=O)C(F)(F)F)N(C(=O)OC(C)(C)C)C1.CC1CCC(C2=CCC(C(C)(C)C)CC2)=NC1.CC1CCC(C2=CCC(C(C)(C)C)CC2)NC1.CC1CCC(C2CCC(C(C)(C)C)CC2)NC1.[B].[H-].[Na+]. The quantitative estimate of drug-likeness (QED) is 0.108. The standard InChI is InChI=1S/C21H35NO2.C16H29BO2.C16H31N.C16H29N.C16H27N.C12H18F3NO5S.CH4.B.Na.H/c1-15-8-13-18(22(14-15)19(23)24-21(5,6)7)16-9-11-17(12-10-16)20(2,3)4;1-14(2,3)12-8-10-13(11-9-12)17-18-15(4,5)16(6,7)19-17;3*1-12-5-10-15(17-11-12)13-6-8-14(9-7-13)16(2,3)4;1-8-5-6-9(21-22(18,19)12(13,14)15)16(7-8)10(17)20-11(2,3)4;;;;/h9,13,15,17H,8,10-12,14H2,1-7H3;10,12H,8-9,11H2,1-7H3;12-15,17H,5-11H2,1-4H3;6,12,14-15,17H,5,7-11H2,1-4H3;6,12,14H,5,7-11H2,1-4H3;6,8H,5,7H2,1-4H3;1H4;;;/q;;;;;;;;+1;-1. The van der Waals surface area contributed by atoms with E-state index in [4.69, 9.17) is 23.8 Å². The van der Waals surface area contributed by atoms with Crippen molar-refractivity contribution in [2.75, 3.05) is 32.7 Å². The first-order valence-electron chi connectivity index (χ1n) is 45.7. The Balaban J connectivity index is 0.000000487. The van der Waals surface area contributed by atoms with Crippen molar-refractivity contribution >= 4 is 43.5 Å². The van der Waals surface area contributed by atoms with Crippen molar-refractivity contribution in [3.05, 3.63) is 70.2 Å². The largest absolute Gasteiger partial charge is 1.00 e. The molecule has 14 nitrogen and oxygen atoms in total. The van der Waals surface area contributed by atoms with Crippen LogP contribution in [0, 0.1) is 92.2 Å². The van der Waals surface area contributed by atoms with Crippen LogP contribution in [0.2, 0.25) is 0 Å². The van der Waals surface area contributed by atoms with Crippen molar-refractivity contribution in [1.29, 1.82) is 0 Å². The maximum absolute atomic E-state index is 12.7. The Morgan fingerprint density at radius 3 is 1.30 bits per heavy atom. The number of hydrogen-bond acceptors (Lipinski definition) is 12. The number of carbonyl (C=O) groups excluding carboxylic acids is 2. The molecule has 11 atom stereocenters. The van der Waals surface area contributed by atoms with Gasteiger partial charge in [0.05, 0.1) is 11.2 Å². The van der Waals surface area contributed by atoms with E-state index in [0.29, 0.717) is 39.0 Å². The van der Waals surface area contributed by atoms with Crippen LogP contribution in [0.4, 0.5) is 22.8 Å². The van der Waals surface area contributed by atoms with Gasteiger partial charge in [0, 0.05) is 51.5 Å². The number of nitrogens with one attached hydrogen (secondary N) is 2. The van der Waals surface area contributed by atoms with Crippen molar-refractivity contribution in [3.8, 4) is 0 Å². The first kappa shape index (κ1) is 110. The predicted molar refractivity (Wildman–Crippen MR) is 491 cm³/mol. The fourth-order valence-corrected chi connectivity index (χ4v) is 18.5. The zero-order valence-electron chi connectivity index (χ0n) is 81.7. The maximum Gasteiger partial charge on any atom is 1.00 e. The molecular weight excluding hydrogens is 1520 g/mol. The number of nitrogens with zero attached hydrogens (tertiary/aromatic N) is 3. The second-order valence-corrected chi connectivity index (χ2v) is 47.2. The summed E-state index contributed by atoms with van der Waals surface area (Å²) in [5.41, 5.74) is 3.33. The molecule has 5 aliphatic carbocycles. The van der Waals surface area contributed by atoms with E-state index in [2.05, 4.69) is 204 Å². The van der Waals surface area contributed by atoms with Crippen LogP contribution in [0.5, 0.6) is 0 Å². The Morgan fingerprint density at radius 2 is 0.916 bits per heavy atom. The molecule has 679 valence electrons. The molecule has 6 aliphatic heterocycles. The summed E-state index contributed by atoms with van der Waals surface area (Å²) >= 11 is 0. The third-order valence-electron chi connectivity index (χ3n) is 27.4. The van der Waals surface area contributed by atoms with Crippen molar-refractivity contribution in [2.24, 2.45) is 97.2 Å². The summed E-state index contributed by atoms with van der Waals surface area (Å²) < 4.78 is 86.4. The van der Waals surface area contributed by atoms with E-state index < -0.39 is 38.8 Å². The molecule has 0 bridgehead atoms. The number of rotatable bonds is 7. The van der Waals surface area contributed by atoms with E-state index in [9.17, 15) is 31.2 Å². The van der Waals surface area contributed by atoms with Crippen LogP contribution >= 0.6 is 0 Å². The first-order chi connectivity index (χ1) is 53.1. The molecule has 3 saturated heterocycles. The molecule has 119 heavy (non-hydrogen) atoms. The fourth-order valence-electron chi connectivity index (χ4n) is 18.1. The van der Waals surface area contributed by atoms with Crippen LogP contribution in [0.15, 0.2) is 75.2 Å². The molecule has 0 aromatic heterocycles. The van der Waals surface area contributed by atoms with E-state index in [-0.39, 0.29) is 90.1 Å². The van der Waals surface area contributed by atoms with Gasteiger partial charge in [0.2, 0.25) is 5.88 Å². The smallest absolute Gasteiger partial charge is 1.00 e. The predicted octanol–water partition coefficient (Wildman–Crippen LogP) is 23.7. The summed E-state index contributed by atoms with van der Waals surface area (Å²) in [6.07, 6.45) is 42.0. The number of halogens is 3. The van der Waals surface area contributed by atoms with Crippen molar-refractivity contribution in [3.63, 3.8) is 0 Å². The van der Waals surface area contributed by atoms with E-state index in [0.717, 1.165) is 121 Å². The van der Waals surface area contributed by atoms with Gasteiger partial charge in [0.15, 0.2) is 0 Å². The van der Waals surface area contributed by atoms with Crippen LogP contribution in [-0.2, 0) is 33.1 Å². The third kappa shape index (κ3) is 35.4. The molecule has 11 aliphatic rings. The number of amides is 2. The van der Waals surface area contributed by atoms with Gasteiger partial charge in [-0.25, -0.2) is 14.5 Å². The molecule has 11 rings (SSSR count). The zero-order chi connectivity index (χ0) is 87.3. The summed E-state index contributed by atoms with van der Waals surface area (Å²) in [6, 6.07) is 1.54. The monoisotopic (exact) mass is 1700 g/mol. The molecule has 3 radical (unpaired) electrons. The number of hydrogen-bond donors (Lipinski definition) is 2. The van der Waals surface area contributed by atoms with Crippen LogP contribution in [0.3, 0.4) is 0 Å². The first-order valence-corrected chi connectivity index (χ1v) is 47.1. The van der Waals surface area contributed by atoms with E-state index in [1.54, 1.807) is 38.8 Å². The second kappa shape index (κ2) is 45.7. The number of allylic oxidation sites excluding steroid dienone is 9. The van der Waals surface area contributed by atoms with Gasteiger partial charge < -0.3 is 35.0 Å². The topological polar surface area (TPSA) is 157 Å². The molecular formula is C98H174B2F3N5NaO9S. The van der Waals surface area contributed by atoms with Gasteiger partial charge in [-0.05, 0) is 351 Å². The van der Waals surface area contributed by atoms with Crippen LogP contribution in [0.25, 0.3) is 0 Å². The van der Waals surface area contributed by atoms with E-state index >= 15 is 0 Å². The minimum atomic E-state index is -5.84. The molecule has 11 unspecified atom stereocenters. The summed E-state index contributed by atoms with van der Waals surface area (Å²) in [5, 5.41) is 7.52. The molecule has 21 heteroatoms. The Hall–Kier alpha value is -2.84. The number of alkyl halides is 3. The summed E-state index contributed by atoms with van der Waals surface area (Å²) in [5.74, 6) is 7.45. The Bertz CT molecular complexity index is 3490. The van der Waals surface area contributed by atoms with Gasteiger partial charge in [-0.2, -0.15) is 21.6 Å². The number of carbonyl (C=O) groups is 2. The van der Waals surface area contributed by atoms with Gasteiger partial charge in [-0.1, -0.05) is 182 Å².